The molecule has 3 rings (SSSR count). The number of carbonyl (C=O) groups is 3. The lowest BCUT2D eigenvalue weighted by Crippen LogP contribution is -2.65. The number of hydrogen-bond donors (Lipinski definition) is 2. The summed E-state index contributed by atoms with van der Waals surface area (Å²) in [6, 6.07) is 15.0. The summed E-state index contributed by atoms with van der Waals surface area (Å²) < 4.78 is 46.7. The number of halogens is 3. The second kappa shape index (κ2) is 9.74. The smallest absolute Gasteiger partial charge is 0.420 e. The van der Waals surface area contributed by atoms with Gasteiger partial charge in [-0.05, 0) is 35.6 Å². The van der Waals surface area contributed by atoms with Gasteiger partial charge >= 0.3 is 18.2 Å². The second-order valence-electron chi connectivity index (χ2n) is 8.30. The molecule has 2 aromatic carbocycles. The first-order valence-electron chi connectivity index (χ1n) is 10.6. The second-order valence-corrected chi connectivity index (χ2v) is 8.30. The van der Waals surface area contributed by atoms with Gasteiger partial charge in [0, 0.05) is 25.9 Å². The van der Waals surface area contributed by atoms with Crippen molar-refractivity contribution in [1.29, 1.82) is 0 Å². The highest BCUT2D eigenvalue weighted by atomic mass is 19.4. The monoisotopic (exact) mass is 478 g/mol. The lowest BCUT2D eigenvalue weighted by Gasteiger charge is -2.34. The third-order valence-electron chi connectivity index (χ3n) is 5.92. The van der Waals surface area contributed by atoms with Crippen molar-refractivity contribution < 1.29 is 37.4 Å². The number of carbonyl (C=O) groups excluding carboxylic acids is 2. The summed E-state index contributed by atoms with van der Waals surface area (Å²) in [5.41, 5.74) is 0.470. The minimum absolute atomic E-state index is 0.0313. The van der Waals surface area contributed by atoms with Crippen LogP contribution in [0.15, 0.2) is 48.5 Å². The van der Waals surface area contributed by atoms with E-state index in [0.29, 0.717) is 6.92 Å². The van der Waals surface area contributed by atoms with Crippen LogP contribution in [-0.2, 0) is 14.3 Å². The van der Waals surface area contributed by atoms with E-state index in [9.17, 15) is 27.6 Å². The van der Waals surface area contributed by atoms with Crippen molar-refractivity contribution in [2.45, 2.75) is 37.4 Å². The molecule has 0 aromatic heterocycles. The summed E-state index contributed by atoms with van der Waals surface area (Å²) in [4.78, 5) is 36.4. The molecule has 1 aliphatic carbocycles. The minimum atomic E-state index is -5.11. The molecule has 0 saturated heterocycles. The number of ether oxygens (including phenoxy) is 1. The molecule has 34 heavy (non-hydrogen) atoms. The average molecular weight is 478 g/mol. The van der Waals surface area contributed by atoms with Gasteiger partial charge in [0.1, 0.15) is 6.61 Å². The molecular weight excluding hydrogens is 453 g/mol. The molecule has 0 saturated carbocycles. The van der Waals surface area contributed by atoms with Gasteiger partial charge in [0.15, 0.2) is 0 Å². The third-order valence-corrected chi connectivity index (χ3v) is 5.92. The van der Waals surface area contributed by atoms with Crippen LogP contribution < -0.4 is 5.32 Å². The lowest BCUT2D eigenvalue weighted by atomic mass is 9.98. The summed E-state index contributed by atoms with van der Waals surface area (Å²) in [7, 11) is 1.12. The number of nitrogens with zero attached hydrogens (tertiary/aromatic N) is 1. The Morgan fingerprint density at radius 1 is 1.03 bits per heavy atom. The first-order valence-corrected chi connectivity index (χ1v) is 10.6. The van der Waals surface area contributed by atoms with Gasteiger partial charge in [-0.2, -0.15) is 13.2 Å². The first kappa shape index (κ1) is 25.1. The maximum absolute atomic E-state index is 13.8. The number of likely N-dealkylation sites (N-methyl/N-ethyl adjacent to an activating group) is 1. The number of carboxylic acids is 1. The Balaban J connectivity index is 1.71. The number of fused-ring (bicyclic) bond motifs is 3. The molecule has 0 radical (unpaired) electrons. The van der Waals surface area contributed by atoms with E-state index in [1.807, 2.05) is 48.5 Å². The van der Waals surface area contributed by atoms with Crippen molar-refractivity contribution in [2.75, 3.05) is 20.2 Å². The van der Waals surface area contributed by atoms with Gasteiger partial charge in [-0.25, -0.2) is 4.79 Å². The molecule has 7 nitrogen and oxygen atoms in total. The molecule has 182 valence electrons. The van der Waals surface area contributed by atoms with Crippen molar-refractivity contribution in [1.82, 2.24) is 10.2 Å². The molecule has 0 bridgehead atoms. The highest BCUT2D eigenvalue weighted by Crippen LogP contribution is 2.44. The largest absolute Gasteiger partial charge is 0.481 e. The predicted molar refractivity (Wildman–Crippen MR) is 117 cm³/mol. The van der Waals surface area contributed by atoms with Gasteiger partial charge in [0.25, 0.3) is 5.91 Å². The van der Waals surface area contributed by atoms with Crippen LogP contribution in [0.2, 0.25) is 0 Å². The third kappa shape index (κ3) is 5.00. The van der Waals surface area contributed by atoms with Crippen LogP contribution in [0.4, 0.5) is 18.0 Å². The maximum atomic E-state index is 13.8. The average Bonchev–Trinajstić information content (AvgIpc) is 3.09. The topological polar surface area (TPSA) is 95.9 Å². The normalized spacial score (nSPS) is 14.5. The fourth-order valence-electron chi connectivity index (χ4n) is 4.03. The number of alkyl halides is 3. The van der Waals surface area contributed by atoms with E-state index in [2.05, 4.69) is 0 Å². The summed E-state index contributed by atoms with van der Waals surface area (Å²) in [6.45, 7) is 0.129. The number of aliphatic carboxylic acids is 1. The van der Waals surface area contributed by atoms with E-state index in [1.54, 1.807) is 5.32 Å². The van der Waals surface area contributed by atoms with Crippen molar-refractivity contribution in [2.24, 2.45) is 0 Å². The molecule has 1 unspecified atom stereocenters. The Morgan fingerprint density at radius 3 is 2.06 bits per heavy atom. The Kier molecular flexibility index (Phi) is 7.18. The summed E-state index contributed by atoms with van der Waals surface area (Å²) in [5, 5.41) is 10.4. The molecule has 0 aliphatic heterocycles. The molecule has 1 aliphatic rings. The zero-order chi connectivity index (χ0) is 25.1. The van der Waals surface area contributed by atoms with E-state index < -0.39 is 29.7 Å². The Morgan fingerprint density at radius 2 is 1.56 bits per heavy atom. The number of benzene rings is 2. The summed E-state index contributed by atoms with van der Waals surface area (Å²) in [5.74, 6) is -2.90. The van der Waals surface area contributed by atoms with E-state index in [0.717, 1.165) is 34.2 Å². The summed E-state index contributed by atoms with van der Waals surface area (Å²) in [6.07, 6.45) is -6.83. The Bertz CT molecular complexity index is 1040. The van der Waals surface area contributed by atoms with Gasteiger partial charge in [-0.15, -0.1) is 0 Å². The highest BCUT2D eigenvalue weighted by Gasteiger charge is 2.59. The number of amides is 2. The SMILES string of the molecule is CN(CCCC(=O)O)C(=O)C(C)(NC(=O)OCC1c2ccccc2-c2ccccc21)C(F)(F)F. The van der Waals surface area contributed by atoms with Crippen LogP contribution in [0.25, 0.3) is 11.1 Å². The van der Waals surface area contributed by atoms with E-state index in [4.69, 9.17) is 9.84 Å². The first-order chi connectivity index (χ1) is 16.0. The van der Waals surface area contributed by atoms with Gasteiger partial charge in [-0.1, -0.05) is 48.5 Å². The van der Waals surface area contributed by atoms with Gasteiger partial charge < -0.3 is 14.7 Å². The lowest BCUT2D eigenvalue weighted by molar-refractivity contribution is -0.199. The number of nitrogens with one attached hydrogen (secondary N) is 1. The van der Waals surface area contributed by atoms with Crippen LogP contribution in [0.5, 0.6) is 0 Å². The number of hydrogen-bond acceptors (Lipinski definition) is 4. The molecule has 0 spiro atoms. The van der Waals surface area contributed by atoms with E-state index in [-0.39, 0.29) is 31.9 Å². The zero-order valence-electron chi connectivity index (χ0n) is 18.7. The van der Waals surface area contributed by atoms with Crippen molar-refractivity contribution in [3.63, 3.8) is 0 Å². The van der Waals surface area contributed by atoms with Crippen LogP contribution in [0.3, 0.4) is 0 Å². The molecule has 2 N–H and O–H groups in total. The fourth-order valence-corrected chi connectivity index (χ4v) is 4.03. The molecule has 2 aromatic rings. The number of rotatable bonds is 8. The van der Waals surface area contributed by atoms with E-state index >= 15 is 0 Å². The van der Waals surface area contributed by atoms with Gasteiger partial charge in [0.05, 0.1) is 0 Å². The Hall–Kier alpha value is -3.56. The molecule has 0 heterocycles. The van der Waals surface area contributed by atoms with E-state index in [1.165, 1.54) is 0 Å². The van der Waals surface area contributed by atoms with Crippen molar-refractivity contribution in [3.05, 3.63) is 59.7 Å². The molecule has 10 heteroatoms. The zero-order valence-corrected chi connectivity index (χ0v) is 18.7. The molecule has 1 atom stereocenters. The number of alkyl carbamates (subject to hydrolysis) is 1. The molecular formula is C24H25F3N2O5. The summed E-state index contributed by atoms with van der Waals surface area (Å²) >= 11 is 0. The van der Waals surface area contributed by atoms with Crippen molar-refractivity contribution in [3.8, 4) is 11.1 Å². The highest BCUT2D eigenvalue weighted by molar-refractivity contribution is 5.90. The van der Waals surface area contributed by atoms with Crippen molar-refractivity contribution >= 4 is 18.0 Å². The maximum Gasteiger partial charge on any atom is 0.420 e. The number of carboxylic acid groups (broad SMARTS) is 1. The van der Waals surface area contributed by atoms with Gasteiger partial charge in [0.2, 0.25) is 5.54 Å². The van der Waals surface area contributed by atoms with Crippen LogP contribution in [0.1, 0.15) is 36.8 Å². The molecule has 2 amide bonds. The minimum Gasteiger partial charge on any atom is -0.481 e. The Labute approximate surface area is 194 Å². The molecule has 0 fully saturated rings. The predicted octanol–water partition coefficient (Wildman–Crippen LogP) is 4.17. The quantitative estimate of drug-likeness (QED) is 0.594. The fraction of sp³-hybridized carbons (Fsp3) is 0.375. The standard InChI is InChI=1S/C24H25F3N2O5/c1-23(24(25,26)27,21(32)29(2)13-7-12-20(30)31)28-22(33)34-14-19-17-10-5-3-8-15(17)16-9-4-6-11-18(16)19/h3-6,8-11,19H,7,12-14H2,1-2H3,(H,28,33)(H,30,31). The van der Waals surface area contributed by atoms with Crippen LogP contribution >= 0.6 is 0 Å². The van der Waals surface area contributed by atoms with Gasteiger partial charge in [-0.3, -0.25) is 14.9 Å². The van der Waals surface area contributed by atoms with Crippen LogP contribution in [0, 0.1) is 0 Å². The van der Waals surface area contributed by atoms with Crippen LogP contribution in [-0.4, -0.2) is 59.9 Å².